The van der Waals surface area contributed by atoms with E-state index in [4.69, 9.17) is 16.3 Å². The van der Waals surface area contributed by atoms with Crippen molar-refractivity contribution in [1.82, 2.24) is 0 Å². The molecule has 0 radical (unpaired) electrons. The average Bonchev–Trinajstić information content (AvgIpc) is 2.76. The van der Waals surface area contributed by atoms with Gasteiger partial charge in [0.2, 0.25) is 0 Å². The number of carbonyl (C=O) groups excluding carboxylic acids is 1. The highest BCUT2D eigenvalue weighted by atomic mass is 35.5. The Morgan fingerprint density at radius 1 is 1.15 bits per heavy atom. The monoisotopic (exact) mass is 474 g/mol. The predicted octanol–water partition coefficient (Wildman–Crippen LogP) is 7.02. The van der Waals surface area contributed by atoms with Crippen molar-refractivity contribution in [1.29, 1.82) is 0 Å². The van der Waals surface area contributed by atoms with Crippen LogP contribution >= 0.6 is 11.6 Å². The highest BCUT2D eigenvalue weighted by molar-refractivity contribution is 6.25. The normalized spacial score (nSPS) is 15.3. The Morgan fingerprint density at radius 3 is 2.45 bits per heavy atom. The standard InChI is InChI=1S/C28H39ClO4/c1-5-9-28(33-23(4)30)22(3)18-21(2)12-13-25(20-29)10-7-6-8-11-27(32)19-24-14-16-26(31)17-15-24/h5-6,8,14-18,20-21,27-28,31-32H,1,7,9-13,19H2,2-4H3. The summed E-state index contributed by atoms with van der Waals surface area (Å²) in [7, 11) is 0. The summed E-state index contributed by atoms with van der Waals surface area (Å²) in [6.07, 6.45) is 12.7. The maximum atomic E-state index is 11.3. The fourth-order valence-electron chi connectivity index (χ4n) is 3.59. The molecule has 0 bridgehead atoms. The van der Waals surface area contributed by atoms with Crippen LogP contribution in [0.2, 0.25) is 0 Å². The van der Waals surface area contributed by atoms with Crippen LogP contribution in [0.1, 0.15) is 64.9 Å². The van der Waals surface area contributed by atoms with Crippen LogP contribution in [-0.4, -0.2) is 28.4 Å². The van der Waals surface area contributed by atoms with Crippen LogP contribution in [0.5, 0.6) is 5.75 Å². The van der Waals surface area contributed by atoms with Gasteiger partial charge in [0.05, 0.1) is 6.10 Å². The number of esters is 1. The van der Waals surface area contributed by atoms with Crippen LogP contribution in [0.3, 0.4) is 0 Å². The van der Waals surface area contributed by atoms with E-state index in [1.54, 1.807) is 23.7 Å². The summed E-state index contributed by atoms with van der Waals surface area (Å²) in [5.41, 5.74) is 4.92. The number of hydrogen-bond acceptors (Lipinski definition) is 4. The van der Waals surface area contributed by atoms with Crippen molar-refractivity contribution in [3.05, 3.63) is 77.4 Å². The van der Waals surface area contributed by atoms with E-state index in [9.17, 15) is 15.0 Å². The molecule has 182 valence electrons. The van der Waals surface area contributed by atoms with Gasteiger partial charge in [-0.05, 0) is 74.6 Å². The molecule has 0 aliphatic rings. The van der Waals surface area contributed by atoms with Crippen LogP contribution in [-0.2, 0) is 16.0 Å². The van der Waals surface area contributed by atoms with E-state index in [0.717, 1.165) is 36.8 Å². The average molecular weight is 475 g/mol. The van der Waals surface area contributed by atoms with Gasteiger partial charge in [0.15, 0.2) is 0 Å². The minimum atomic E-state index is -0.443. The lowest BCUT2D eigenvalue weighted by Crippen LogP contribution is -2.17. The molecule has 33 heavy (non-hydrogen) atoms. The van der Waals surface area contributed by atoms with E-state index >= 15 is 0 Å². The molecule has 3 atom stereocenters. The van der Waals surface area contributed by atoms with E-state index in [2.05, 4.69) is 25.7 Å². The van der Waals surface area contributed by atoms with Crippen molar-refractivity contribution in [2.45, 2.75) is 77.9 Å². The molecular weight excluding hydrogens is 436 g/mol. The van der Waals surface area contributed by atoms with Gasteiger partial charge in [0.25, 0.3) is 0 Å². The topological polar surface area (TPSA) is 66.8 Å². The second-order valence-corrected chi connectivity index (χ2v) is 8.80. The van der Waals surface area contributed by atoms with Gasteiger partial charge < -0.3 is 14.9 Å². The lowest BCUT2D eigenvalue weighted by atomic mass is 9.95. The molecule has 1 aromatic carbocycles. The number of phenolic OH excluding ortho intramolecular Hbond substituents is 1. The molecule has 1 aromatic rings. The van der Waals surface area contributed by atoms with Crippen molar-refractivity contribution in [3.8, 4) is 5.75 Å². The number of hydrogen-bond donors (Lipinski definition) is 2. The summed E-state index contributed by atoms with van der Waals surface area (Å²) in [6, 6.07) is 6.92. The van der Waals surface area contributed by atoms with E-state index < -0.39 is 6.10 Å². The molecule has 5 heteroatoms. The first-order valence-electron chi connectivity index (χ1n) is 11.6. The molecule has 0 aliphatic heterocycles. The largest absolute Gasteiger partial charge is 0.508 e. The second kappa shape index (κ2) is 16.3. The molecule has 0 heterocycles. The smallest absolute Gasteiger partial charge is 0.303 e. The van der Waals surface area contributed by atoms with Crippen LogP contribution in [0, 0.1) is 5.92 Å². The number of aromatic hydroxyl groups is 1. The number of phenols is 1. The molecule has 0 aromatic heterocycles. The maximum absolute atomic E-state index is 11.3. The van der Waals surface area contributed by atoms with Crippen molar-refractivity contribution in [2.24, 2.45) is 5.92 Å². The van der Waals surface area contributed by atoms with Gasteiger partial charge in [-0.3, -0.25) is 4.79 Å². The highest BCUT2D eigenvalue weighted by Gasteiger charge is 2.13. The second-order valence-electron chi connectivity index (χ2n) is 8.59. The van der Waals surface area contributed by atoms with E-state index in [1.165, 1.54) is 12.5 Å². The van der Waals surface area contributed by atoms with Crippen LogP contribution in [0.4, 0.5) is 0 Å². The van der Waals surface area contributed by atoms with Gasteiger partial charge >= 0.3 is 5.97 Å². The summed E-state index contributed by atoms with van der Waals surface area (Å²) >= 11 is 6.04. The molecule has 4 nitrogen and oxygen atoms in total. The first-order chi connectivity index (χ1) is 15.7. The molecule has 0 aliphatic carbocycles. The van der Waals surface area contributed by atoms with Crippen molar-refractivity contribution < 1.29 is 19.7 Å². The van der Waals surface area contributed by atoms with Crippen molar-refractivity contribution >= 4 is 17.6 Å². The number of rotatable bonds is 15. The number of ether oxygens (including phenoxy) is 1. The molecule has 2 N–H and O–H groups in total. The van der Waals surface area contributed by atoms with Gasteiger partial charge in [0, 0.05) is 18.9 Å². The Labute approximate surface area is 204 Å². The Balaban J connectivity index is 2.38. The molecule has 0 spiro atoms. The zero-order valence-corrected chi connectivity index (χ0v) is 20.9. The number of halogens is 1. The molecule has 3 unspecified atom stereocenters. The quantitative estimate of drug-likeness (QED) is 0.212. The third-order valence-electron chi connectivity index (χ3n) is 5.43. The van der Waals surface area contributed by atoms with Gasteiger partial charge in [-0.2, -0.15) is 0 Å². The van der Waals surface area contributed by atoms with Crippen molar-refractivity contribution in [2.75, 3.05) is 0 Å². The molecular formula is C28H39ClO4. The summed E-state index contributed by atoms with van der Waals surface area (Å²) in [6.45, 7) is 9.32. The number of benzene rings is 1. The van der Waals surface area contributed by atoms with E-state index in [0.29, 0.717) is 25.2 Å². The van der Waals surface area contributed by atoms with Gasteiger partial charge in [-0.15, -0.1) is 6.58 Å². The molecule has 0 fully saturated rings. The lowest BCUT2D eigenvalue weighted by molar-refractivity contribution is -0.144. The summed E-state index contributed by atoms with van der Waals surface area (Å²) in [4.78, 5) is 11.3. The summed E-state index contributed by atoms with van der Waals surface area (Å²) in [5, 5.41) is 19.5. The number of carbonyl (C=O) groups is 1. The van der Waals surface area contributed by atoms with Gasteiger partial charge in [-0.25, -0.2) is 0 Å². The third-order valence-corrected chi connectivity index (χ3v) is 5.74. The SMILES string of the molecule is C=CCC(OC(C)=O)C(C)=CC(C)CCC(=CCl)CCC=CCC(O)Cc1ccc(O)cc1. The number of aliphatic hydroxyl groups is 1. The highest BCUT2D eigenvalue weighted by Crippen LogP contribution is 2.22. The first kappa shape index (κ1) is 28.7. The maximum Gasteiger partial charge on any atom is 0.303 e. The van der Waals surface area contributed by atoms with E-state index in [1.807, 2.05) is 25.1 Å². The minimum absolute atomic E-state index is 0.232. The minimum Gasteiger partial charge on any atom is -0.508 e. The van der Waals surface area contributed by atoms with Crippen LogP contribution < -0.4 is 0 Å². The Hall–Kier alpha value is -2.30. The zero-order valence-electron chi connectivity index (χ0n) is 20.2. The number of allylic oxidation sites excluding steroid dienone is 3. The summed E-state index contributed by atoms with van der Waals surface area (Å²) in [5.74, 6) is 0.288. The Kier molecular flexibility index (Phi) is 14.2. The molecule has 1 rings (SSSR count). The molecule has 0 amide bonds. The van der Waals surface area contributed by atoms with Gasteiger partial charge in [-0.1, -0.05) is 60.5 Å². The number of aliphatic hydroxyl groups excluding tert-OH is 1. The first-order valence-corrected chi connectivity index (χ1v) is 12.0. The van der Waals surface area contributed by atoms with Gasteiger partial charge in [0.1, 0.15) is 11.9 Å². The summed E-state index contributed by atoms with van der Waals surface area (Å²) < 4.78 is 5.38. The third kappa shape index (κ3) is 13.1. The predicted molar refractivity (Wildman–Crippen MR) is 137 cm³/mol. The van der Waals surface area contributed by atoms with E-state index in [-0.39, 0.29) is 17.8 Å². The Bertz CT molecular complexity index is 808. The lowest BCUT2D eigenvalue weighted by Gasteiger charge is -2.18. The fraction of sp³-hybridized carbons (Fsp3) is 0.464. The molecule has 0 saturated carbocycles. The Morgan fingerprint density at radius 2 is 1.85 bits per heavy atom. The van der Waals surface area contributed by atoms with Crippen LogP contribution in [0.15, 0.2) is 71.8 Å². The molecule has 0 saturated heterocycles. The van der Waals surface area contributed by atoms with Crippen LogP contribution in [0.25, 0.3) is 0 Å². The van der Waals surface area contributed by atoms with Crippen molar-refractivity contribution in [3.63, 3.8) is 0 Å². The fourth-order valence-corrected chi connectivity index (χ4v) is 3.81. The zero-order chi connectivity index (χ0) is 24.6.